The zero-order valence-electron chi connectivity index (χ0n) is 20.3. The van der Waals surface area contributed by atoms with Crippen LogP contribution in [0.5, 0.6) is 0 Å². The van der Waals surface area contributed by atoms with E-state index in [2.05, 4.69) is 135 Å². The highest BCUT2D eigenvalue weighted by atomic mass is 15.0. The van der Waals surface area contributed by atoms with Crippen molar-refractivity contribution in [2.75, 3.05) is 0 Å². The molecule has 0 N–H and O–H groups in total. The smallest absolute Gasteiger partial charge is 0.234 e. The Labute approximate surface area is 206 Å². The Morgan fingerprint density at radius 1 is 0.571 bits per heavy atom. The summed E-state index contributed by atoms with van der Waals surface area (Å²) < 4.78 is 2.33. The number of aromatic nitrogens is 2. The normalized spacial score (nSPS) is 11.3. The van der Waals surface area contributed by atoms with E-state index in [1.807, 2.05) is 0 Å². The molecule has 0 spiro atoms. The third kappa shape index (κ3) is 3.50. The predicted molar refractivity (Wildman–Crippen MR) is 146 cm³/mol. The second kappa shape index (κ2) is 8.48. The zero-order chi connectivity index (χ0) is 23.9. The van der Waals surface area contributed by atoms with Gasteiger partial charge in [-0.3, -0.25) is 0 Å². The first-order valence-corrected chi connectivity index (χ1v) is 12.1. The maximum Gasteiger partial charge on any atom is 0.240 e. The summed E-state index contributed by atoms with van der Waals surface area (Å²) in [5, 5.41) is 4.92. The molecule has 5 aromatic carbocycles. The first kappa shape index (κ1) is 21.2. The minimum absolute atomic E-state index is 1.01. The molecule has 35 heavy (non-hydrogen) atoms. The van der Waals surface area contributed by atoms with Gasteiger partial charge in [0.15, 0.2) is 0 Å². The summed E-state index contributed by atoms with van der Waals surface area (Å²) in [7, 11) is 2.18. The lowest BCUT2D eigenvalue weighted by Gasteiger charge is -2.17. The lowest BCUT2D eigenvalue weighted by atomic mass is 9.92. The molecule has 0 saturated heterocycles. The zero-order valence-corrected chi connectivity index (χ0v) is 20.3. The van der Waals surface area contributed by atoms with Gasteiger partial charge >= 0.3 is 0 Å². The number of rotatable bonds is 3. The summed E-state index contributed by atoms with van der Waals surface area (Å²) >= 11 is 0. The Morgan fingerprint density at radius 3 is 1.97 bits per heavy atom. The van der Waals surface area contributed by atoms with Crippen molar-refractivity contribution >= 4 is 21.5 Å². The fraction of sp³-hybridized carbons (Fsp3) is 0.0909. The summed E-state index contributed by atoms with van der Waals surface area (Å²) in [5.74, 6) is 0. The molecular weight excluding hydrogens is 424 g/mol. The fourth-order valence-electron chi connectivity index (χ4n) is 5.20. The molecule has 6 aromatic rings. The predicted octanol–water partition coefficient (Wildman–Crippen LogP) is 7.83. The van der Waals surface area contributed by atoms with Crippen molar-refractivity contribution in [1.29, 1.82) is 0 Å². The van der Waals surface area contributed by atoms with Crippen molar-refractivity contribution in [1.82, 2.24) is 4.98 Å². The summed E-state index contributed by atoms with van der Waals surface area (Å²) in [5.41, 5.74) is 9.07. The molecule has 0 fully saturated rings. The van der Waals surface area contributed by atoms with E-state index in [9.17, 15) is 0 Å². The van der Waals surface area contributed by atoms with Crippen LogP contribution in [-0.4, -0.2) is 4.98 Å². The van der Waals surface area contributed by atoms with Crippen LogP contribution in [0.4, 0.5) is 0 Å². The molecule has 6 rings (SSSR count). The van der Waals surface area contributed by atoms with Crippen LogP contribution in [-0.2, 0) is 7.05 Å². The Morgan fingerprint density at radius 2 is 1.20 bits per heavy atom. The number of benzene rings is 5. The lowest BCUT2D eigenvalue weighted by Crippen LogP contribution is -2.37. The molecule has 0 aliphatic carbocycles. The van der Waals surface area contributed by atoms with E-state index in [-0.39, 0.29) is 0 Å². The van der Waals surface area contributed by atoms with Gasteiger partial charge < -0.3 is 0 Å². The van der Waals surface area contributed by atoms with Gasteiger partial charge in [0.1, 0.15) is 18.4 Å². The van der Waals surface area contributed by atoms with Crippen molar-refractivity contribution in [3.63, 3.8) is 0 Å². The molecule has 168 valence electrons. The monoisotopic (exact) mass is 451 g/mol. The minimum atomic E-state index is 1.01. The van der Waals surface area contributed by atoms with E-state index in [1.165, 1.54) is 32.7 Å². The molecule has 0 bridgehead atoms. The summed E-state index contributed by atoms with van der Waals surface area (Å²) in [4.78, 5) is 5.43. The highest BCUT2D eigenvalue weighted by Gasteiger charge is 2.28. The van der Waals surface area contributed by atoms with Gasteiger partial charge in [0.25, 0.3) is 0 Å². The molecule has 0 radical (unpaired) electrons. The van der Waals surface area contributed by atoms with Crippen LogP contribution in [0.15, 0.2) is 109 Å². The standard InChI is InChI=1S/C33H27N2/c1-22-20-21-25-13-8-10-18-28(25)30(22)33-32(29-19-11-16-24-12-7-9-17-27(24)29)34-31(23(2)35(33)3)26-14-5-4-6-15-26/h4-21H,1-3H3/q+1. The van der Waals surface area contributed by atoms with Gasteiger partial charge in [-0.2, -0.15) is 4.57 Å². The second-order valence-electron chi connectivity index (χ2n) is 9.17. The van der Waals surface area contributed by atoms with Crippen LogP contribution in [0, 0.1) is 13.8 Å². The van der Waals surface area contributed by atoms with E-state index in [0.717, 1.165) is 33.9 Å². The fourth-order valence-corrected chi connectivity index (χ4v) is 5.20. The highest BCUT2D eigenvalue weighted by Crippen LogP contribution is 2.39. The molecule has 0 aliphatic rings. The quantitative estimate of drug-likeness (QED) is 0.251. The summed E-state index contributed by atoms with van der Waals surface area (Å²) in [6, 6.07) is 38.7. The molecule has 2 heteroatoms. The molecule has 0 atom stereocenters. The number of hydrogen-bond acceptors (Lipinski definition) is 1. The van der Waals surface area contributed by atoms with Crippen LogP contribution in [0.1, 0.15) is 11.3 Å². The van der Waals surface area contributed by atoms with Crippen molar-refractivity contribution in [3.05, 3.63) is 120 Å². The minimum Gasteiger partial charge on any atom is -0.234 e. The number of aryl methyl sites for hydroxylation is 1. The van der Waals surface area contributed by atoms with Crippen LogP contribution < -0.4 is 4.57 Å². The highest BCUT2D eigenvalue weighted by molar-refractivity contribution is 6.03. The second-order valence-corrected chi connectivity index (χ2v) is 9.17. The van der Waals surface area contributed by atoms with Gasteiger partial charge in [-0.25, -0.2) is 4.98 Å². The van der Waals surface area contributed by atoms with Crippen molar-refractivity contribution in [2.45, 2.75) is 13.8 Å². The third-order valence-electron chi connectivity index (χ3n) is 7.10. The number of nitrogens with zero attached hydrogens (tertiary/aromatic N) is 2. The van der Waals surface area contributed by atoms with Crippen LogP contribution in [0.3, 0.4) is 0 Å². The Hall–Kier alpha value is -4.30. The van der Waals surface area contributed by atoms with Gasteiger partial charge in [0, 0.05) is 18.1 Å². The van der Waals surface area contributed by atoms with E-state index in [1.54, 1.807) is 0 Å². The largest absolute Gasteiger partial charge is 0.240 e. The summed E-state index contributed by atoms with van der Waals surface area (Å²) in [6.07, 6.45) is 0. The van der Waals surface area contributed by atoms with Crippen LogP contribution in [0.2, 0.25) is 0 Å². The van der Waals surface area contributed by atoms with Crippen LogP contribution in [0.25, 0.3) is 55.3 Å². The topological polar surface area (TPSA) is 16.8 Å². The van der Waals surface area contributed by atoms with Crippen LogP contribution >= 0.6 is 0 Å². The molecule has 0 aliphatic heterocycles. The van der Waals surface area contributed by atoms with E-state index < -0.39 is 0 Å². The molecule has 0 amide bonds. The molecular formula is C33H27N2+. The Balaban J connectivity index is 1.79. The SMILES string of the molecule is Cc1ccc2ccccc2c1-c1c(-c2cccc3ccccc23)nc(-c2ccccc2)c(C)[n+]1C. The van der Waals surface area contributed by atoms with Gasteiger partial charge in [0.2, 0.25) is 11.4 Å². The third-order valence-corrected chi connectivity index (χ3v) is 7.10. The molecule has 0 unspecified atom stereocenters. The first-order valence-electron chi connectivity index (χ1n) is 12.1. The summed E-state index contributed by atoms with van der Waals surface area (Å²) in [6.45, 7) is 4.38. The number of fused-ring (bicyclic) bond motifs is 2. The average Bonchev–Trinajstić information content (AvgIpc) is 2.91. The molecule has 1 heterocycles. The Bertz CT molecular complexity index is 1710. The first-order chi connectivity index (χ1) is 17.1. The van der Waals surface area contributed by atoms with Crippen molar-refractivity contribution in [3.8, 4) is 33.8 Å². The van der Waals surface area contributed by atoms with Gasteiger partial charge in [-0.15, -0.1) is 0 Å². The Kier molecular flexibility index (Phi) is 5.15. The van der Waals surface area contributed by atoms with Gasteiger partial charge in [-0.1, -0.05) is 109 Å². The maximum absolute atomic E-state index is 5.43. The number of hydrogen-bond donors (Lipinski definition) is 0. The van der Waals surface area contributed by atoms with E-state index in [0.29, 0.717) is 0 Å². The molecule has 0 saturated carbocycles. The van der Waals surface area contributed by atoms with Crippen molar-refractivity contribution < 1.29 is 4.57 Å². The van der Waals surface area contributed by atoms with E-state index >= 15 is 0 Å². The van der Waals surface area contributed by atoms with Gasteiger partial charge in [-0.05, 0) is 34.0 Å². The van der Waals surface area contributed by atoms with E-state index in [4.69, 9.17) is 4.98 Å². The molecule has 2 nitrogen and oxygen atoms in total. The average molecular weight is 452 g/mol. The maximum atomic E-state index is 5.43. The van der Waals surface area contributed by atoms with Gasteiger partial charge in [0.05, 0.1) is 5.56 Å². The molecule has 1 aromatic heterocycles. The van der Waals surface area contributed by atoms with Crippen molar-refractivity contribution in [2.24, 2.45) is 7.05 Å². The lowest BCUT2D eigenvalue weighted by molar-refractivity contribution is -0.666.